The van der Waals surface area contributed by atoms with E-state index in [1.54, 1.807) is 29.8 Å². The molecule has 184 valence electrons. The van der Waals surface area contributed by atoms with Gasteiger partial charge in [-0.3, -0.25) is 4.57 Å². The maximum Gasteiger partial charge on any atom is 0.494 e. The number of rotatable bonds is 7. The van der Waals surface area contributed by atoms with Gasteiger partial charge in [0, 0.05) is 16.9 Å². The Morgan fingerprint density at radius 3 is 2.81 bits per heavy atom. The molecule has 1 unspecified atom stereocenters. The molecular formula is C24H24BN5O5S. The summed E-state index contributed by atoms with van der Waals surface area (Å²) in [5.41, 5.74) is 8.95. The van der Waals surface area contributed by atoms with Crippen LogP contribution in [0, 0.1) is 0 Å². The lowest BCUT2D eigenvalue weighted by atomic mass is 9.78. The SMILES string of the molecule is COC1[C@@H](OB2OCc3ccc(Sc4ccccc4)cc32)[C@@H](CO)O[C@H]1n1cnc2c(N)ncnc21. The van der Waals surface area contributed by atoms with Crippen LogP contribution in [0.1, 0.15) is 11.8 Å². The van der Waals surface area contributed by atoms with Crippen molar-refractivity contribution in [3.63, 3.8) is 0 Å². The Kier molecular flexibility index (Phi) is 6.38. The van der Waals surface area contributed by atoms with Gasteiger partial charge in [-0.15, -0.1) is 0 Å². The average Bonchev–Trinajstić information content (AvgIpc) is 3.60. The highest BCUT2D eigenvalue weighted by atomic mass is 32.2. The Morgan fingerprint density at radius 2 is 2.00 bits per heavy atom. The molecule has 36 heavy (non-hydrogen) atoms. The molecule has 1 fully saturated rings. The quantitative estimate of drug-likeness (QED) is 0.359. The summed E-state index contributed by atoms with van der Waals surface area (Å²) in [5, 5.41) is 10.1. The van der Waals surface area contributed by atoms with E-state index >= 15 is 0 Å². The number of hydrogen-bond donors (Lipinski definition) is 2. The second-order valence-electron chi connectivity index (χ2n) is 8.55. The zero-order valence-corrected chi connectivity index (χ0v) is 20.2. The van der Waals surface area contributed by atoms with Crippen molar-refractivity contribution in [3.8, 4) is 0 Å². The Bertz CT molecular complexity index is 1380. The van der Waals surface area contributed by atoms with Gasteiger partial charge in [-0.1, -0.05) is 36.0 Å². The Hall–Kier alpha value is -3.00. The second-order valence-corrected chi connectivity index (χ2v) is 9.70. The molecule has 10 nitrogen and oxygen atoms in total. The summed E-state index contributed by atoms with van der Waals surface area (Å²) < 4.78 is 26.2. The minimum Gasteiger partial charge on any atom is -0.403 e. The first-order valence-corrected chi connectivity index (χ1v) is 12.3. The van der Waals surface area contributed by atoms with E-state index in [-0.39, 0.29) is 12.4 Å². The minimum absolute atomic E-state index is 0.256. The molecule has 0 amide bonds. The molecule has 4 aromatic rings. The second kappa shape index (κ2) is 9.81. The fraction of sp³-hybridized carbons (Fsp3) is 0.292. The molecule has 6 rings (SSSR count). The predicted octanol–water partition coefficient (Wildman–Crippen LogP) is 1.78. The van der Waals surface area contributed by atoms with E-state index < -0.39 is 31.7 Å². The molecular weight excluding hydrogens is 481 g/mol. The van der Waals surface area contributed by atoms with Gasteiger partial charge in [0.2, 0.25) is 0 Å². The first-order chi connectivity index (χ1) is 17.7. The summed E-state index contributed by atoms with van der Waals surface area (Å²) in [4.78, 5) is 14.9. The predicted molar refractivity (Wildman–Crippen MR) is 134 cm³/mol. The number of methoxy groups -OCH3 is 1. The van der Waals surface area contributed by atoms with Crippen LogP contribution >= 0.6 is 11.8 Å². The van der Waals surface area contributed by atoms with Gasteiger partial charge in [0.1, 0.15) is 30.2 Å². The van der Waals surface area contributed by atoms with Crippen LogP contribution < -0.4 is 11.2 Å². The molecule has 2 aromatic heterocycles. The van der Waals surface area contributed by atoms with E-state index in [0.717, 1.165) is 20.8 Å². The molecule has 12 heteroatoms. The molecule has 2 aliphatic rings. The average molecular weight is 505 g/mol. The Balaban J connectivity index is 1.26. The molecule has 1 saturated heterocycles. The smallest absolute Gasteiger partial charge is 0.403 e. The largest absolute Gasteiger partial charge is 0.494 e. The first kappa shape index (κ1) is 23.4. The maximum absolute atomic E-state index is 10.1. The summed E-state index contributed by atoms with van der Waals surface area (Å²) in [5.74, 6) is 0.275. The molecule has 0 bridgehead atoms. The number of anilines is 1. The Labute approximate surface area is 211 Å². The van der Waals surface area contributed by atoms with Crippen molar-refractivity contribution >= 4 is 41.3 Å². The molecule has 3 N–H and O–H groups in total. The van der Waals surface area contributed by atoms with Gasteiger partial charge < -0.3 is 29.6 Å². The molecule has 2 aromatic carbocycles. The number of fused-ring (bicyclic) bond motifs is 2. The highest BCUT2D eigenvalue weighted by Gasteiger charge is 2.49. The molecule has 4 heterocycles. The van der Waals surface area contributed by atoms with E-state index in [1.165, 1.54) is 6.33 Å². The maximum atomic E-state index is 10.1. The normalized spacial score (nSPS) is 23.4. The van der Waals surface area contributed by atoms with Crippen molar-refractivity contribution in [2.75, 3.05) is 19.5 Å². The van der Waals surface area contributed by atoms with Crippen LogP contribution in [-0.2, 0) is 25.4 Å². The van der Waals surface area contributed by atoms with Gasteiger partial charge >= 0.3 is 7.12 Å². The van der Waals surface area contributed by atoms with Crippen LogP contribution in [0.15, 0.2) is 71.0 Å². The summed E-state index contributed by atoms with van der Waals surface area (Å²) >= 11 is 1.68. The Morgan fingerprint density at radius 1 is 1.14 bits per heavy atom. The van der Waals surface area contributed by atoms with Gasteiger partial charge in [0.05, 0.1) is 19.5 Å². The summed E-state index contributed by atoms with van der Waals surface area (Å²) in [6.45, 7) is 0.186. The highest BCUT2D eigenvalue weighted by molar-refractivity contribution is 7.99. The number of nitrogens with two attached hydrogens (primary N) is 1. The molecule has 2 aliphatic heterocycles. The van der Waals surface area contributed by atoms with Crippen molar-refractivity contribution in [1.29, 1.82) is 0 Å². The number of aromatic nitrogens is 4. The third kappa shape index (κ3) is 4.15. The lowest BCUT2D eigenvalue weighted by Gasteiger charge is -2.25. The van der Waals surface area contributed by atoms with Gasteiger partial charge in [0.25, 0.3) is 0 Å². The number of imidazole rings is 1. The number of nitrogens with zero attached hydrogens (tertiary/aromatic N) is 4. The van der Waals surface area contributed by atoms with Crippen LogP contribution in [0.4, 0.5) is 5.82 Å². The van der Waals surface area contributed by atoms with Crippen molar-refractivity contribution < 1.29 is 23.9 Å². The number of aliphatic hydroxyl groups excluding tert-OH is 1. The van der Waals surface area contributed by atoms with Gasteiger partial charge in [0.15, 0.2) is 17.7 Å². The van der Waals surface area contributed by atoms with Crippen LogP contribution in [0.3, 0.4) is 0 Å². The van der Waals surface area contributed by atoms with E-state index in [1.807, 2.05) is 18.2 Å². The van der Waals surface area contributed by atoms with Crippen LogP contribution in [-0.4, -0.2) is 63.8 Å². The summed E-state index contributed by atoms with van der Waals surface area (Å²) in [6.07, 6.45) is 0.493. The van der Waals surface area contributed by atoms with E-state index in [4.69, 9.17) is 24.5 Å². The standard InChI is InChI=1S/C24H24BN5O5S/c1-32-21-20(18(10-31)34-24(21)30-13-29-19-22(26)27-12-28-23(19)30)35-25-17-9-16(8-7-14(17)11-33-25)36-15-5-3-2-4-6-15/h2-9,12-13,18,20-21,24,31H,10-11H2,1H3,(H2,26,27,28)/t18-,20+,21?,24-/m1/s1. The van der Waals surface area contributed by atoms with Crippen LogP contribution in [0.25, 0.3) is 11.2 Å². The van der Waals surface area contributed by atoms with Crippen molar-refractivity contribution in [2.45, 2.75) is 40.9 Å². The first-order valence-electron chi connectivity index (χ1n) is 11.5. The monoisotopic (exact) mass is 505 g/mol. The lowest BCUT2D eigenvalue weighted by Crippen LogP contribution is -2.45. The zero-order chi connectivity index (χ0) is 24.6. The van der Waals surface area contributed by atoms with Crippen molar-refractivity contribution in [3.05, 3.63) is 66.7 Å². The zero-order valence-electron chi connectivity index (χ0n) is 19.4. The summed E-state index contributed by atoms with van der Waals surface area (Å²) in [7, 11) is 0.963. The van der Waals surface area contributed by atoms with Crippen LogP contribution in [0.2, 0.25) is 0 Å². The van der Waals surface area contributed by atoms with Gasteiger partial charge in [-0.05, 0) is 35.3 Å². The molecule has 0 spiro atoms. The third-order valence-electron chi connectivity index (χ3n) is 6.42. The third-order valence-corrected chi connectivity index (χ3v) is 7.42. The van der Waals surface area contributed by atoms with Crippen molar-refractivity contribution in [2.24, 2.45) is 0 Å². The summed E-state index contributed by atoms with van der Waals surface area (Å²) in [6, 6.07) is 16.4. The molecule has 4 atom stereocenters. The fourth-order valence-electron chi connectivity index (χ4n) is 4.67. The molecule has 0 aliphatic carbocycles. The van der Waals surface area contributed by atoms with E-state index in [9.17, 15) is 5.11 Å². The number of aliphatic hydroxyl groups is 1. The van der Waals surface area contributed by atoms with Crippen LogP contribution in [0.5, 0.6) is 0 Å². The minimum atomic E-state index is -0.647. The molecule has 0 saturated carbocycles. The highest BCUT2D eigenvalue weighted by Crippen LogP contribution is 2.36. The number of hydrogen-bond acceptors (Lipinski definition) is 10. The number of ether oxygens (including phenoxy) is 2. The topological polar surface area (TPSA) is 127 Å². The van der Waals surface area contributed by atoms with Crippen molar-refractivity contribution in [1.82, 2.24) is 19.5 Å². The van der Waals surface area contributed by atoms with E-state index in [2.05, 4.69) is 45.3 Å². The molecule has 0 radical (unpaired) electrons. The number of nitrogen functional groups attached to an aromatic ring is 1. The van der Waals surface area contributed by atoms with Gasteiger partial charge in [-0.2, -0.15) is 0 Å². The van der Waals surface area contributed by atoms with E-state index in [0.29, 0.717) is 17.8 Å². The number of benzene rings is 2. The van der Waals surface area contributed by atoms with Gasteiger partial charge in [-0.25, -0.2) is 15.0 Å². The fourth-order valence-corrected chi connectivity index (χ4v) is 5.56. The lowest BCUT2D eigenvalue weighted by molar-refractivity contribution is -0.0583.